The van der Waals surface area contributed by atoms with Gasteiger partial charge in [-0.25, -0.2) is 0 Å². The fourth-order valence-electron chi connectivity index (χ4n) is 2.79. The smallest absolute Gasteiger partial charge is 0.233 e. The summed E-state index contributed by atoms with van der Waals surface area (Å²) in [5.74, 6) is 1.05. The van der Waals surface area contributed by atoms with E-state index in [9.17, 15) is 4.79 Å². The van der Waals surface area contributed by atoms with E-state index in [2.05, 4.69) is 15.3 Å². The largest absolute Gasteiger partial charge is 0.463 e. The summed E-state index contributed by atoms with van der Waals surface area (Å²) in [6.07, 6.45) is 1.61. The van der Waals surface area contributed by atoms with Crippen molar-refractivity contribution in [3.8, 4) is 11.5 Å². The maximum Gasteiger partial charge on any atom is 0.233 e. The average molecular weight is 359 g/mol. The summed E-state index contributed by atoms with van der Waals surface area (Å²) >= 11 is 1.34. The first kappa shape index (κ1) is 17.5. The van der Waals surface area contributed by atoms with Gasteiger partial charge in [0.2, 0.25) is 11.1 Å². The Morgan fingerprint density at radius 2 is 1.96 bits per heavy atom. The molecule has 8 heteroatoms. The Kier molecular flexibility index (Phi) is 5.08. The predicted octanol–water partition coefficient (Wildman–Crippen LogP) is 3.12. The van der Waals surface area contributed by atoms with E-state index < -0.39 is 0 Å². The topological polar surface area (TPSA) is 76.5 Å². The summed E-state index contributed by atoms with van der Waals surface area (Å²) in [4.78, 5) is 14.4. The molecule has 0 radical (unpaired) electrons. The van der Waals surface area contributed by atoms with Crippen LogP contribution in [0.5, 0.6) is 0 Å². The molecule has 0 N–H and O–H groups in total. The molecule has 132 valence electrons. The summed E-state index contributed by atoms with van der Waals surface area (Å²) in [5.41, 5.74) is 1.33. The number of rotatable bonds is 6. The van der Waals surface area contributed by atoms with Gasteiger partial charge in [-0.15, -0.1) is 10.2 Å². The van der Waals surface area contributed by atoms with E-state index in [4.69, 9.17) is 4.42 Å². The van der Waals surface area contributed by atoms with E-state index in [0.717, 1.165) is 0 Å². The highest BCUT2D eigenvalue weighted by atomic mass is 32.2. The number of carbonyl (C=O) groups is 1. The molecule has 3 aromatic rings. The number of carbonyl (C=O) groups excluding carboxylic acids is 1. The lowest BCUT2D eigenvalue weighted by Crippen LogP contribution is -2.43. The number of hydrogen-bond donors (Lipinski definition) is 0. The van der Waals surface area contributed by atoms with Crippen molar-refractivity contribution < 1.29 is 9.21 Å². The first-order chi connectivity index (χ1) is 12.0. The first-order valence-corrected chi connectivity index (χ1v) is 9.16. The number of nitrogens with zero attached hydrogens (tertiary/aromatic N) is 5. The van der Waals surface area contributed by atoms with Gasteiger partial charge in [0.05, 0.1) is 12.0 Å². The van der Waals surface area contributed by atoms with E-state index in [1.54, 1.807) is 10.8 Å². The van der Waals surface area contributed by atoms with Crippen LogP contribution in [0.25, 0.3) is 17.1 Å². The van der Waals surface area contributed by atoms with Gasteiger partial charge in [0.15, 0.2) is 11.4 Å². The molecule has 3 rings (SSSR count). The highest BCUT2D eigenvalue weighted by Crippen LogP contribution is 2.21. The van der Waals surface area contributed by atoms with Gasteiger partial charge < -0.3 is 9.32 Å². The van der Waals surface area contributed by atoms with Crippen LogP contribution >= 0.6 is 11.8 Å². The van der Waals surface area contributed by atoms with E-state index in [-0.39, 0.29) is 18.0 Å². The molecule has 0 bridgehead atoms. The number of thioether (sulfide) groups is 1. The maximum absolute atomic E-state index is 12.5. The number of amides is 1. The Labute approximate surface area is 150 Å². The molecule has 7 nitrogen and oxygen atoms in total. The third-order valence-corrected chi connectivity index (χ3v) is 4.64. The zero-order valence-corrected chi connectivity index (χ0v) is 15.5. The van der Waals surface area contributed by atoms with Crippen LogP contribution in [0.4, 0.5) is 0 Å². The summed E-state index contributed by atoms with van der Waals surface area (Å²) < 4.78 is 7.03. The number of hydrogen-bond acceptors (Lipinski definition) is 6. The van der Waals surface area contributed by atoms with E-state index in [0.29, 0.717) is 28.0 Å². The zero-order chi connectivity index (χ0) is 18.0. The molecule has 0 atom stereocenters. The van der Waals surface area contributed by atoms with Gasteiger partial charge in [-0.05, 0) is 52.0 Å². The van der Waals surface area contributed by atoms with Gasteiger partial charge in [0, 0.05) is 12.1 Å². The van der Waals surface area contributed by atoms with Crippen LogP contribution in [0.2, 0.25) is 0 Å². The van der Waals surface area contributed by atoms with E-state index in [1.807, 2.05) is 56.9 Å². The maximum atomic E-state index is 12.5. The minimum absolute atomic E-state index is 0.0777. The number of furan rings is 1. The zero-order valence-electron chi connectivity index (χ0n) is 14.7. The minimum Gasteiger partial charge on any atom is -0.463 e. The summed E-state index contributed by atoms with van der Waals surface area (Å²) in [5, 5.41) is 13.4. The van der Waals surface area contributed by atoms with Crippen molar-refractivity contribution in [3.63, 3.8) is 0 Å². The lowest BCUT2D eigenvalue weighted by molar-refractivity contribution is -0.131. The number of aromatic nitrogens is 4. The molecule has 0 spiro atoms. The predicted molar refractivity (Wildman–Crippen MR) is 96.3 cm³/mol. The Bertz CT molecular complexity index is 849. The van der Waals surface area contributed by atoms with Crippen LogP contribution in [0.15, 0.2) is 40.1 Å². The van der Waals surface area contributed by atoms with Gasteiger partial charge in [-0.3, -0.25) is 4.79 Å². The summed E-state index contributed by atoms with van der Waals surface area (Å²) in [6.45, 7) is 8.08. The van der Waals surface area contributed by atoms with Gasteiger partial charge in [0.1, 0.15) is 5.69 Å². The molecule has 0 unspecified atom stereocenters. The van der Waals surface area contributed by atoms with Crippen molar-refractivity contribution in [2.24, 2.45) is 0 Å². The molecule has 0 aromatic carbocycles. The highest BCUT2D eigenvalue weighted by molar-refractivity contribution is 7.99. The molecular formula is C17H21N5O2S. The molecule has 0 aliphatic heterocycles. The second-order valence-corrected chi connectivity index (χ2v) is 7.17. The van der Waals surface area contributed by atoms with E-state index in [1.165, 1.54) is 11.8 Å². The van der Waals surface area contributed by atoms with Crippen LogP contribution in [0, 0.1) is 0 Å². The molecule has 3 aromatic heterocycles. The quantitative estimate of drug-likeness (QED) is 0.629. The molecule has 0 aliphatic carbocycles. The van der Waals surface area contributed by atoms with Crippen molar-refractivity contribution >= 4 is 23.3 Å². The first-order valence-electron chi connectivity index (χ1n) is 8.17. The SMILES string of the molecule is CC(C)N(C(=O)CSc1nnc2ccc(-c3ccco3)nn12)C(C)C. The molecule has 0 saturated carbocycles. The second kappa shape index (κ2) is 7.26. The van der Waals surface area contributed by atoms with Gasteiger partial charge in [-0.1, -0.05) is 11.8 Å². The van der Waals surface area contributed by atoms with Gasteiger partial charge in [-0.2, -0.15) is 9.61 Å². The molecule has 3 heterocycles. The molecule has 25 heavy (non-hydrogen) atoms. The fraction of sp³-hybridized carbons (Fsp3) is 0.412. The highest BCUT2D eigenvalue weighted by Gasteiger charge is 2.21. The molecule has 0 fully saturated rings. The summed E-state index contributed by atoms with van der Waals surface area (Å²) in [6, 6.07) is 7.64. The Morgan fingerprint density at radius 3 is 2.60 bits per heavy atom. The van der Waals surface area contributed by atoms with Crippen LogP contribution in [-0.2, 0) is 4.79 Å². The monoisotopic (exact) mass is 359 g/mol. The normalized spacial score (nSPS) is 11.6. The Balaban J connectivity index is 1.80. The second-order valence-electron chi connectivity index (χ2n) is 6.23. The van der Waals surface area contributed by atoms with Crippen molar-refractivity contribution in [1.82, 2.24) is 24.7 Å². The Morgan fingerprint density at radius 1 is 1.20 bits per heavy atom. The van der Waals surface area contributed by atoms with Crippen molar-refractivity contribution in [2.75, 3.05) is 5.75 Å². The van der Waals surface area contributed by atoms with Gasteiger partial charge in [0.25, 0.3) is 0 Å². The van der Waals surface area contributed by atoms with Crippen molar-refractivity contribution in [2.45, 2.75) is 44.9 Å². The number of fused-ring (bicyclic) bond motifs is 1. The van der Waals surface area contributed by atoms with Crippen LogP contribution < -0.4 is 0 Å². The van der Waals surface area contributed by atoms with Crippen molar-refractivity contribution in [3.05, 3.63) is 30.5 Å². The van der Waals surface area contributed by atoms with Crippen LogP contribution in [-0.4, -0.2) is 48.5 Å². The van der Waals surface area contributed by atoms with E-state index >= 15 is 0 Å². The molecule has 1 amide bonds. The van der Waals surface area contributed by atoms with Crippen LogP contribution in [0.3, 0.4) is 0 Å². The molecule has 0 saturated heterocycles. The molecular weight excluding hydrogens is 338 g/mol. The molecule has 0 aliphatic rings. The lowest BCUT2D eigenvalue weighted by Gasteiger charge is -2.30. The van der Waals surface area contributed by atoms with Gasteiger partial charge >= 0.3 is 0 Å². The average Bonchev–Trinajstić information content (AvgIpc) is 3.21. The van der Waals surface area contributed by atoms with Crippen LogP contribution in [0.1, 0.15) is 27.7 Å². The standard InChI is InChI=1S/C17H21N5O2S/c1-11(2)21(12(3)4)16(23)10-25-17-19-18-15-8-7-13(20-22(15)17)14-6-5-9-24-14/h5-9,11-12H,10H2,1-4H3. The van der Waals surface area contributed by atoms with Crippen molar-refractivity contribution in [1.29, 1.82) is 0 Å². The third-order valence-electron chi connectivity index (χ3n) is 3.73. The Hall–Kier alpha value is -2.35. The third kappa shape index (κ3) is 3.68. The minimum atomic E-state index is 0.0777. The summed E-state index contributed by atoms with van der Waals surface area (Å²) in [7, 11) is 0. The lowest BCUT2D eigenvalue weighted by atomic mass is 10.2. The fourth-order valence-corrected chi connectivity index (χ4v) is 3.54.